The molecule has 11 nitrogen and oxygen atoms in total. The number of halogens is 2. The lowest BCUT2D eigenvalue weighted by Gasteiger charge is -2.38. The molecule has 2 fully saturated rings. The highest BCUT2D eigenvalue weighted by Gasteiger charge is 2.44. The molecule has 1 heterocycles. The molecular weight excluding hydrogens is 656 g/mol. The number of carbonyl (C=O) groups excluding carboxylic acids is 5. The van der Waals surface area contributed by atoms with Crippen molar-refractivity contribution in [2.75, 3.05) is 18.1 Å². The average molecular weight is 720 g/mol. The zero-order valence-electron chi connectivity index (χ0n) is 31.4. The molecule has 5 amide bonds. The van der Waals surface area contributed by atoms with E-state index in [-0.39, 0.29) is 30.7 Å². The van der Waals surface area contributed by atoms with Crippen molar-refractivity contribution >= 4 is 40.3 Å². The van der Waals surface area contributed by atoms with Gasteiger partial charge in [0.15, 0.2) is 0 Å². The molecule has 2 rings (SSSR count). The van der Waals surface area contributed by atoms with E-state index < -0.39 is 81.1 Å². The standard InChI is InChI=1S/C33H57F2N5O6S.C2H6/c1-9-11-16-33(10-2,20-47(46)19-32(8,34)35)39-30(45)38-26(31(5,6)7)29(44)40-17-12-13-24(40)27(42)37-23(18-21(3)4)25(41)28(43)36-22-14-15-22;1-2/h21-24,26H,9-20H2,1-8H3,(H,36,43)(H,37,42)(H2,38,39,45);1-2H3. The van der Waals surface area contributed by atoms with Gasteiger partial charge >= 0.3 is 6.03 Å². The molecule has 0 aromatic heterocycles. The summed E-state index contributed by atoms with van der Waals surface area (Å²) < 4.78 is 40.0. The summed E-state index contributed by atoms with van der Waals surface area (Å²) in [4.78, 5) is 68.1. The van der Waals surface area contributed by atoms with E-state index in [2.05, 4.69) is 21.3 Å². The first-order valence-electron chi connectivity index (χ1n) is 18.0. The van der Waals surface area contributed by atoms with Crippen LogP contribution in [0.2, 0.25) is 0 Å². The van der Waals surface area contributed by atoms with Crippen LogP contribution in [0.15, 0.2) is 0 Å². The van der Waals surface area contributed by atoms with Gasteiger partial charge in [0.2, 0.25) is 17.6 Å². The second kappa shape index (κ2) is 19.7. The van der Waals surface area contributed by atoms with Crippen LogP contribution in [-0.4, -0.2) is 92.3 Å². The summed E-state index contributed by atoms with van der Waals surface area (Å²) in [7, 11) is -1.91. The maximum Gasteiger partial charge on any atom is 0.315 e. The van der Waals surface area contributed by atoms with E-state index in [1.165, 1.54) is 4.90 Å². The van der Waals surface area contributed by atoms with E-state index in [1.807, 2.05) is 34.6 Å². The number of Topliss-reactive ketones (excluding diaryl/α,β-unsaturated/α-hetero) is 1. The van der Waals surface area contributed by atoms with Crippen molar-refractivity contribution in [3.8, 4) is 0 Å². The maximum absolute atomic E-state index is 14.1. The minimum atomic E-state index is -3.12. The van der Waals surface area contributed by atoms with Gasteiger partial charge in [-0.3, -0.25) is 23.4 Å². The predicted molar refractivity (Wildman–Crippen MR) is 190 cm³/mol. The van der Waals surface area contributed by atoms with Crippen LogP contribution in [0.5, 0.6) is 0 Å². The minimum Gasteiger partial charge on any atom is -0.347 e. The molecule has 2 aliphatic rings. The summed E-state index contributed by atoms with van der Waals surface area (Å²) in [5, 5.41) is 11.1. The summed E-state index contributed by atoms with van der Waals surface area (Å²) in [5.74, 6) is -6.54. The number of urea groups is 1. The molecule has 5 unspecified atom stereocenters. The zero-order chi connectivity index (χ0) is 37.7. The van der Waals surface area contributed by atoms with Gasteiger partial charge in [-0.1, -0.05) is 75.2 Å². The monoisotopic (exact) mass is 719 g/mol. The van der Waals surface area contributed by atoms with Crippen molar-refractivity contribution in [1.29, 1.82) is 0 Å². The molecule has 4 N–H and O–H groups in total. The third kappa shape index (κ3) is 15.0. The van der Waals surface area contributed by atoms with Crippen molar-refractivity contribution in [3.05, 3.63) is 0 Å². The number of nitrogens with one attached hydrogen (secondary N) is 4. The van der Waals surface area contributed by atoms with Crippen molar-refractivity contribution in [2.24, 2.45) is 11.3 Å². The van der Waals surface area contributed by atoms with E-state index in [0.717, 1.165) is 19.3 Å². The van der Waals surface area contributed by atoms with Crippen LogP contribution in [0.25, 0.3) is 0 Å². The number of hydrogen-bond donors (Lipinski definition) is 4. The molecule has 1 aliphatic carbocycles. The Hall–Kier alpha value is -2.64. The molecule has 0 aromatic rings. The summed E-state index contributed by atoms with van der Waals surface area (Å²) >= 11 is 0. The number of rotatable bonds is 18. The average Bonchev–Trinajstić information content (AvgIpc) is 3.67. The minimum absolute atomic E-state index is 0.00993. The van der Waals surface area contributed by atoms with Gasteiger partial charge < -0.3 is 26.2 Å². The molecule has 0 bridgehead atoms. The van der Waals surface area contributed by atoms with Gasteiger partial charge in [0.05, 0.1) is 17.3 Å². The van der Waals surface area contributed by atoms with Gasteiger partial charge in [0, 0.05) is 36.1 Å². The van der Waals surface area contributed by atoms with E-state index in [4.69, 9.17) is 0 Å². The molecular formula is C35H63F2N5O6S. The molecule has 1 aliphatic heterocycles. The quantitative estimate of drug-likeness (QED) is 0.149. The maximum atomic E-state index is 14.1. The smallest absolute Gasteiger partial charge is 0.315 e. The number of alkyl halides is 2. The van der Waals surface area contributed by atoms with E-state index >= 15 is 0 Å². The molecule has 1 saturated carbocycles. The topological polar surface area (TPSA) is 154 Å². The normalized spacial score (nSPS) is 19.4. The first-order chi connectivity index (χ1) is 22.7. The van der Waals surface area contributed by atoms with E-state index in [9.17, 15) is 37.0 Å². The number of likely N-dealkylation sites (tertiary alicyclic amines) is 1. The molecule has 0 spiro atoms. The first kappa shape index (κ1) is 44.4. The lowest BCUT2D eigenvalue weighted by atomic mass is 9.85. The van der Waals surface area contributed by atoms with Gasteiger partial charge in [-0.2, -0.15) is 0 Å². The summed E-state index contributed by atoms with van der Waals surface area (Å²) in [6.45, 7) is 17.8. The summed E-state index contributed by atoms with van der Waals surface area (Å²) in [6.07, 6.45) is 4.98. The fourth-order valence-corrected chi connectivity index (χ4v) is 7.54. The number of nitrogens with zero attached hydrogens (tertiary/aromatic N) is 1. The van der Waals surface area contributed by atoms with Crippen LogP contribution >= 0.6 is 0 Å². The van der Waals surface area contributed by atoms with E-state index in [1.54, 1.807) is 27.7 Å². The van der Waals surface area contributed by atoms with Gasteiger partial charge in [-0.25, -0.2) is 13.6 Å². The molecule has 1 saturated heterocycles. The van der Waals surface area contributed by atoms with Gasteiger partial charge in [0.1, 0.15) is 12.1 Å². The third-order valence-corrected chi connectivity index (χ3v) is 10.3. The van der Waals surface area contributed by atoms with Gasteiger partial charge in [0.25, 0.3) is 11.8 Å². The van der Waals surface area contributed by atoms with Crippen molar-refractivity contribution in [3.63, 3.8) is 0 Å². The number of hydrogen-bond acceptors (Lipinski definition) is 6. The zero-order valence-corrected chi connectivity index (χ0v) is 32.2. The Labute approximate surface area is 295 Å². The fraction of sp³-hybridized carbons (Fsp3) is 0.857. The van der Waals surface area contributed by atoms with Crippen molar-refractivity contribution < 1.29 is 37.0 Å². The lowest BCUT2D eigenvalue weighted by Crippen LogP contribution is -2.62. The highest BCUT2D eigenvalue weighted by atomic mass is 32.2. The number of unbranched alkanes of at least 4 members (excludes halogenated alkanes) is 1. The van der Waals surface area contributed by atoms with Crippen LogP contribution < -0.4 is 21.3 Å². The Morgan fingerprint density at radius 1 is 0.939 bits per heavy atom. The summed E-state index contributed by atoms with van der Waals surface area (Å²) in [6, 6.07) is -3.71. The first-order valence-corrected chi connectivity index (χ1v) is 19.5. The van der Waals surface area contributed by atoms with Gasteiger partial charge in [-0.15, -0.1) is 0 Å². The van der Waals surface area contributed by atoms with Crippen LogP contribution in [0.4, 0.5) is 13.6 Å². The summed E-state index contributed by atoms with van der Waals surface area (Å²) in [5.41, 5.74) is -1.82. The largest absolute Gasteiger partial charge is 0.347 e. The second-order valence-electron chi connectivity index (χ2n) is 14.9. The Morgan fingerprint density at radius 3 is 2.04 bits per heavy atom. The Balaban J connectivity index is 0.00000589. The SMILES string of the molecule is CC.CCCCC(CC)(CS(=O)CC(C)(F)F)NC(=O)NC(C(=O)N1CCCC1C(=O)NC(CC(C)C)C(=O)C(=O)NC1CC1)C(C)(C)C. The Morgan fingerprint density at radius 2 is 1.55 bits per heavy atom. The molecule has 49 heavy (non-hydrogen) atoms. The molecule has 0 radical (unpaired) electrons. The number of amides is 5. The Kier molecular flexibility index (Phi) is 17.8. The van der Waals surface area contributed by atoms with Crippen molar-refractivity contribution in [1.82, 2.24) is 26.2 Å². The number of ketones is 1. The highest BCUT2D eigenvalue weighted by Crippen LogP contribution is 2.28. The lowest BCUT2D eigenvalue weighted by molar-refractivity contribution is -0.144. The third-order valence-electron chi connectivity index (χ3n) is 8.62. The van der Waals surface area contributed by atoms with E-state index in [0.29, 0.717) is 39.0 Å². The highest BCUT2D eigenvalue weighted by molar-refractivity contribution is 7.85. The fourth-order valence-electron chi connectivity index (χ4n) is 5.83. The van der Waals surface area contributed by atoms with Gasteiger partial charge in [-0.05, 0) is 56.3 Å². The predicted octanol–water partition coefficient (Wildman–Crippen LogP) is 4.84. The Bertz CT molecular complexity index is 1150. The van der Waals surface area contributed by atoms with Crippen LogP contribution in [0.3, 0.4) is 0 Å². The van der Waals surface area contributed by atoms with Crippen LogP contribution in [0.1, 0.15) is 127 Å². The van der Waals surface area contributed by atoms with Crippen LogP contribution in [0, 0.1) is 11.3 Å². The molecule has 0 aromatic carbocycles. The number of carbonyl (C=O) groups is 5. The molecule has 14 heteroatoms. The second-order valence-corrected chi connectivity index (χ2v) is 16.4. The van der Waals surface area contributed by atoms with Crippen molar-refractivity contribution in [2.45, 2.75) is 163 Å². The molecule has 5 atom stereocenters. The van der Waals surface area contributed by atoms with Crippen LogP contribution in [-0.2, 0) is 30.0 Å². The molecule has 284 valence electrons.